The monoisotopic (exact) mass is 499 g/mol. The average molecular weight is 500 g/mol. The molecule has 10 heteroatoms. The van der Waals surface area contributed by atoms with Gasteiger partial charge in [-0.25, -0.2) is 9.97 Å². The van der Waals surface area contributed by atoms with Crippen LogP contribution in [0.25, 0.3) is 11.4 Å². The number of hydrogen-bond acceptors (Lipinski definition) is 6. The highest BCUT2D eigenvalue weighted by atomic mass is 19.4. The summed E-state index contributed by atoms with van der Waals surface area (Å²) in [6.45, 7) is 4.93. The maximum atomic E-state index is 13.9. The molecule has 0 bridgehead atoms. The molecule has 1 aliphatic heterocycles. The first-order chi connectivity index (χ1) is 17.2. The lowest BCUT2D eigenvalue weighted by molar-refractivity contribution is -0.137. The van der Waals surface area contributed by atoms with Crippen LogP contribution in [0.4, 0.5) is 19.0 Å². The van der Waals surface area contributed by atoms with Crippen LogP contribution in [-0.2, 0) is 6.18 Å². The first-order valence-electron chi connectivity index (χ1n) is 11.7. The smallest absolute Gasteiger partial charge is 0.417 e. The third-order valence-corrected chi connectivity index (χ3v) is 6.45. The van der Waals surface area contributed by atoms with Crippen LogP contribution >= 0.6 is 0 Å². The molecule has 1 aliphatic rings. The Balaban J connectivity index is 1.59. The Morgan fingerprint density at radius 2 is 2.00 bits per heavy atom. The number of pyridine rings is 1. The zero-order valence-electron chi connectivity index (χ0n) is 20.3. The summed E-state index contributed by atoms with van der Waals surface area (Å²) in [7, 11) is 1.52. The van der Waals surface area contributed by atoms with Crippen molar-refractivity contribution in [3.8, 4) is 17.3 Å². The Kier molecular flexibility index (Phi) is 7.42. The van der Waals surface area contributed by atoms with Gasteiger partial charge in [-0.05, 0) is 43.9 Å². The number of hydrogen-bond donors (Lipinski definition) is 1. The zero-order valence-corrected chi connectivity index (χ0v) is 20.3. The summed E-state index contributed by atoms with van der Waals surface area (Å²) in [5, 5.41) is 3.12. The number of halogens is 3. The topological polar surface area (TPSA) is 80.2 Å². The number of carbonyl (C=O) groups is 1. The predicted octanol–water partition coefficient (Wildman–Crippen LogP) is 5.23. The van der Waals surface area contributed by atoms with E-state index in [0.29, 0.717) is 41.7 Å². The Hall–Kier alpha value is -3.69. The number of ether oxygens (including phenoxy) is 1. The second kappa shape index (κ2) is 10.5. The molecule has 4 rings (SSSR count). The van der Waals surface area contributed by atoms with Gasteiger partial charge in [0.15, 0.2) is 5.82 Å². The number of methoxy groups -OCH3 is 1. The van der Waals surface area contributed by atoms with Gasteiger partial charge >= 0.3 is 6.18 Å². The number of aryl methyl sites for hydroxylation is 1. The number of nitrogens with one attached hydrogen (secondary N) is 1. The third-order valence-electron chi connectivity index (χ3n) is 6.45. The molecule has 0 saturated carbocycles. The van der Waals surface area contributed by atoms with E-state index in [0.717, 1.165) is 30.7 Å². The molecule has 3 heterocycles. The van der Waals surface area contributed by atoms with Crippen LogP contribution in [0.3, 0.4) is 0 Å². The van der Waals surface area contributed by atoms with E-state index in [1.54, 1.807) is 12.3 Å². The van der Waals surface area contributed by atoms with E-state index in [-0.39, 0.29) is 17.9 Å². The fraction of sp³-hybridized carbons (Fsp3) is 0.385. The largest absolute Gasteiger partial charge is 0.481 e. The van der Waals surface area contributed by atoms with Crippen molar-refractivity contribution < 1.29 is 22.7 Å². The number of aromatic nitrogens is 3. The van der Waals surface area contributed by atoms with Crippen LogP contribution in [0.1, 0.15) is 41.3 Å². The first-order valence-corrected chi connectivity index (χ1v) is 11.7. The molecular weight excluding hydrogens is 471 g/mol. The molecule has 3 aromatic rings. The number of anilines is 1. The van der Waals surface area contributed by atoms with Gasteiger partial charge in [0.1, 0.15) is 5.82 Å². The van der Waals surface area contributed by atoms with Gasteiger partial charge in [0.2, 0.25) is 5.88 Å². The first kappa shape index (κ1) is 25.4. The quantitative estimate of drug-likeness (QED) is 0.501. The van der Waals surface area contributed by atoms with Gasteiger partial charge in [0, 0.05) is 37.1 Å². The van der Waals surface area contributed by atoms with Crippen molar-refractivity contribution in [1.82, 2.24) is 19.9 Å². The fourth-order valence-corrected chi connectivity index (χ4v) is 4.46. The standard InChI is InChI=1S/C26H28F3N5O2/c1-16-6-8-19(24-30-11-10-23(33-24)36-3)20(13-16)25(35)34-12-4-5-17(2)21(34)15-32-22-9-7-18(14-31-22)26(27,28)29/h6-11,13-14,17,21H,4-5,12,15H2,1-3H3,(H,31,32). The molecule has 0 radical (unpaired) electrons. The Morgan fingerprint density at radius 3 is 2.69 bits per heavy atom. The van der Waals surface area contributed by atoms with Gasteiger partial charge in [0.05, 0.1) is 24.3 Å². The lowest BCUT2D eigenvalue weighted by atomic mass is 9.89. The van der Waals surface area contributed by atoms with E-state index in [2.05, 4.69) is 27.2 Å². The second-order valence-electron chi connectivity index (χ2n) is 8.97. The van der Waals surface area contributed by atoms with Gasteiger partial charge in [-0.1, -0.05) is 24.6 Å². The van der Waals surface area contributed by atoms with E-state index < -0.39 is 11.7 Å². The van der Waals surface area contributed by atoms with E-state index >= 15 is 0 Å². The number of piperidine rings is 1. The number of carbonyl (C=O) groups excluding carboxylic acids is 1. The van der Waals surface area contributed by atoms with E-state index in [1.165, 1.54) is 13.2 Å². The number of nitrogens with zero attached hydrogens (tertiary/aromatic N) is 4. The molecule has 0 spiro atoms. The number of rotatable bonds is 6. The molecule has 2 aromatic heterocycles. The summed E-state index contributed by atoms with van der Waals surface area (Å²) in [4.78, 5) is 28.4. The van der Waals surface area contributed by atoms with Crippen LogP contribution < -0.4 is 10.1 Å². The zero-order chi connectivity index (χ0) is 25.9. The van der Waals surface area contributed by atoms with Crippen molar-refractivity contribution in [2.24, 2.45) is 5.92 Å². The second-order valence-corrected chi connectivity index (χ2v) is 8.97. The minimum Gasteiger partial charge on any atom is -0.481 e. The van der Waals surface area contributed by atoms with Crippen molar-refractivity contribution in [2.75, 3.05) is 25.5 Å². The SMILES string of the molecule is COc1ccnc(-c2ccc(C)cc2C(=O)N2CCCC(C)C2CNc2ccc(C(F)(F)F)cn2)n1. The van der Waals surface area contributed by atoms with Gasteiger partial charge in [-0.15, -0.1) is 0 Å². The predicted molar refractivity (Wildman–Crippen MR) is 130 cm³/mol. The molecule has 1 N–H and O–H groups in total. The average Bonchev–Trinajstić information content (AvgIpc) is 2.87. The van der Waals surface area contributed by atoms with Crippen molar-refractivity contribution >= 4 is 11.7 Å². The molecule has 1 fully saturated rings. The van der Waals surface area contributed by atoms with Crippen molar-refractivity contribution in [3.63, 3.8) is 0 Å². The fourth-order valence-electron chi connectivity index (χ4n) is 4.46. The summed E-state index contributed by atoms with van der Waals surface area (Å²) in [5.74, 6) is 1.17. The minimum atomic E-state index is -4.44. The molecule has 36 heavy (non-hydrogen) atoms. The molecule has 1 aromatic carbocycles. The minimum absolute atomic E-state index is 0.140. The third kappa shape index (κ3) is 5.58. The van der Waals surface area contributed by atoms with Crippen molar-refractivity contribution in [2.45, 2.75) is 38.9 Å². The molecule has 190 valence electrons. The van der Waals surface area contributed by atoms with E-state index in [4.69, 9.17) is 4.74 Å². The van der Waals surface area contributed by atoms with Crippen molar-refractivity contribution in [3.05, 3.63) is 65.5 Å². The normalized spacial score (nSPS) is 18.1. The van der Waals surface area contributed by atoms with Gasteiger partial charge in [-0.3, -0.25) is 4.79 Å². The van der Waals surface area contributed by atoms with Gasteiger partial charge in [0.25, 0.3) is 5.91 Å². The number of likely N-dealkylation sites (tertiary alicyclic amines) is 1. The summed E-state index contributed by atoms with van der Waals surface area (Å²) >= 11 is 0. The maximum absolute atomic E-state index is 13.9. The van der Waals surface area contributed by atoms with Crippen LogP contribution in [0.5, 0.6) is 5.88 Å². The van der Waals surface area contributed by atoms with Crippen LogP contribution in [-0.4, -0.2) is 52.0 Å². The molecule has 0 aliphatic carbocycles. The molecule has 2 unspecified atom stereocenters. The molecule has 7 nitrogen and oxygen atoms in total. The molecule has 2 atom stereocenters. The Morgan fingerprint density at radius 1 is 1.19 bits per heavy atom. The van der Waals surface area contributed by atoms with E-state index in [1.807, 2.05) is 30.0 Å². The number of benzene rings is 1. The lowest BCUT2D eigenvalue weighted by Gasteiger charge is -2.40. The summed E-state index contributed by atoms with van der Waals surface area (Å²) in [6.07, 6.45) is -0.246. The molecule has 1 amide bonds. The lowest BCUT2D eigenvalue weighted by Crippen LogP contribution is -2.51. The Labute approximate surface area is 207 Å². The summed E-state index contributed by atoms with van der Waals surface area (Å²) in [6, 6.07) is 9.35. The molecular formula is C26H28F3N5O2. The van der Waals surface area contributed by atoms with Gasteiger partial charge in [-0.2, -0.15) is 18.2 Å². The van der Waals surface area contributed by atoms with Crippen LogP contribution in [0.15, 0.2) is 48.8 Å². The van der Waals surface area contributed by atoms with Crippen molar-refractivity contribution in [1.29, 1.82) is 0 Å². The van der Waals surface area contributed by atoms with Crippen LogP contribution in [0, 0.1) is 12.8 Å². The summed E-state index contributed by atoms with van der Waals surface area (Å²) < 4.78 is 43.8. The molecule has 1 saturated heterocycles. The Bertz CT molecular complexity index is 1220. The maximum Gasteiger partial charge on any atom is 0.417 e. The number of alkyl halides is 3. The van der Waals surface area contributed by atoms with Crippen LogP contribution in [0.2, 0.25) is 0 Å². The highest BCUT2D eigenvalue weighted by Gasteiger charge is 2.34. The highest BCUT2D eigenvalue weighted by molar-refractivity contribution is 6.00. The highest BCUT2D eigenvalue weighted by Crippen LogP contribution is 2.31. The van der Waals surface area contributed by atoms with E-state index in [9.17, 15) is 18.0 Å². The number of amides is 1. The summed E-state index contributed by atoms with van der Waals surface area (Å²) in [5.41, 5.74) is 1.23. The van der Waals surface area contributed by atoms with Gasteiger partial charge < -0.3 is 15.0 Å².